The Labute approximate surface area is 215 Å². The van der Waals surface area contributed by atoms with E-state index in [1.807, 2.05) is 6.92 Å². The second-order valence-corrected chi connectivity index (χ2v) is 10.0. The lowest BCUT2D eigenvalue weighted by Gasteiger charge is -2.29. The minimum absolute atomic E-state index is 0.0650. The number of benzene rings is 3. The van der Waals surface area contributed by atoms with Crippen molar-refractivity contribution in [3.8, 4) is 5.75 Å². The van der Waals surface area contributed by atoms with Gasteiger partial charge in [0.05, 0.1) is 11.1 Å². The molecule has 0 aromatic heterocycles. The van der Waals surface area contributed by atoms with E-state index in [-0.39, 0.29) is 23.9 Å². The van der Waals surface area contributed by atoms with Crippen molar-refractivity contribution in [3.05, 3.63) is 95.1 Å². The summed E-state index contributed by atoms with van der Waals surface area (Å²) in [5.74, 6) is -0.643. The van der Waals surface area contributed by atoms with Gasteiger partial charge in [-0.25, -0.2) is 0 Å². The van der Waals surface area contributed by atoms with Crippen molar-refractivity contribution < 1.29 is 43.7 Å². The third kappa shape index (κ3) is 7.06. The number of hydrogen-bond acceptors (Lipinski definition) is 4. The molecule has 1 amide bonds. The molecule has 0 aliphatic heterocycles. The largest absolute Gasteiger partial charge is 0.416 e. The van der Waals surface area contributed by atoms with Gasteiger partial charge < -0.3 is 9.08 Å². The minimum atomic E-state index is -4.73. The molecule has 0 radical (unpaired) electrons. The summed E-state index contributed by atoms with van der Waals surface area (Å²) < 4.78 is 107. The average Bonchev–Trinajstić information content (AvgIpc) is 2.86. The Bertz CT molecular complexity index is 1370. The maximum absolute atomic E-state index is 13.1. The van der Waals surface area contributed by atoms with Crippen LogP contribution in [0.25, 0.3) is 0 Å². The predicted octanol–water partition coefficient (Wildman–Crippen LogP) is 6.93. The van der Waals surface area contributed by atoms with Gasteiger partial charge in [0.2, 0.25) is 0 Å². The van der Waals surface area contributed by atoms with E-state index in [1.165, 1.54) is 29.2 Å². The zero-order chi connectivity index (χ0) is 28.3. The molecule has 1 unspecified atom stereocenters. The van der Waals surface area contributed by atoms with Crippen molar-refractivity contribution in [2.75, 3.05) is 0 Å². The summed E-state index contributed by atoms with van der Waals surface area (Å²) in [5.41, 5.74) is -1.38. The van der Waals surface area contributed by atoms with Crippen LogP contribution in [0.3, 0.4) is 0 Å². The molecular formula is C26H23F6NO4S. The van der Waals surface area contributed by atoms with Crippen molar-refractivity contribution in [1.29, 1.82) is 0 Å². The number of halogens is 6. The number of nitrogens with zero attached hydrogens (tertiary/aromatic N) is 1. The molecule has 0 saturated carbocycles. The summed E-state index contributed by atoms with van der Waals surface area (Å²) in [7, 11) is -4.56. The van der Waals surface area contributed by atoms with Crippen LogP contribution in [0, 0.1) is 0 Å². The van der Waals surface area contributed by atoms with E-state index in [4.69, 9.17) is 4.18 Å². The van der Waals surface area contributed by atoms with E-state index in [0.29, 0.717) is 18.1 Å². The molecule has 3 aromatic carbocycles. The summed E-state index contributed by atoms with van der Waals surface area (Å²) in [5, 5.41) is 0. The molecule has 0 aliphatic carbocycles. The second kappa shape index (κ2) is 11.1. The van der Waals surface area contributed by atoms with E-state index in [2.05, 4.69) is 0 Å². The molecule has 5 nitrogen and oxygen atoms in total. The molecule has 38 heavy (non-hydrogen) atoms. The fourth-order valence-electron chi connectivity index (χ4n) is 3.47. The number of alkyl halides is 6. The van der Waals surface area contributed by atoms with Gasteiger partial charge in [0.25, 0.3) is 5.91 Å². The first-order valence-corrected chi connectivity index (χ1v) is 12.7. The van der Waals surface area contributed by atoms with Crippen LogP contribution in [0.5, 0.6) is 5.75 Å². The summed E-state index contributed by atoms with van der Waals surface area (Å²) >= 11 is 0. The fourth-order valence-corrected chi connectivity index (χ4v) is 4.44. The minimum Gasteiger partial charge on any atom is -0.379 e. The van der Waals surface area contributed by atoms with Crippen LogP contribution < -0.4 is 4.18 Å². The molecule has 0 bridgehead atoms. The molecule has 0 aliphatic rings. The first-order chi connectivity index (χ1) is 17.6. The lowest BCUT2D eigenvalue weighted by Crippen LogP contribution is -2.37. The highest BCUT2D eigenvalue weighted by Gasteiger charge is 2.32. The van der Waals surface area contributed by atoms with E-state index < -0.39 is 44.4 Å². The maximum atomic E-state index is 13.1. The van der Waals surface area contributed by atoms with Gasteiger partial charge in [-0.1, -0.05) is 25.1 Å². The van der Waals surface area contributed by atoms with Gasteiger partial charge in [0.1, 0.15) is 10.6 Å². The van der Waals surface area contributed by atoms with Crippen LogP contribution in [-0.2, 0) is 29.0 Å². The first kappa shape index (κ1) is 29.0. The third-order valence-electron chi connectivity index (χ3n) is 5.78. The van der Waals surface area contributed by atoms with Gasteiger partial charge in [-0.15, -0.1) is 0 Å². The van der Waals surface area contributed by atoms with Gasteiger partial charge in [-0.2, -0.15) is 34.8 Å². The molecule has 0 saturated heterocycles. The maximum Gasteiger partial charge on any atom is 0.416 e. The normalized spacial score (nSPS) is 13.2. The molecule has 0 fully saturated rings. The first-order valence-electron chi connectivity index (χ1n) is 11.3. The predicted molar refractivity (Wildman–Crippen MR) is 127 cm³/mol. The van der Waals surface area contributed by atoms with Crippen LogP contribution in [0.15, 0.2) is 77.7 Å². The molecule has 3 aromatic rings. The number of rotatable bonds is 8. The van der Waals surface area contributed by atoms with Crippen LogP contribution in [0.1, 0.15) is 47.3 Å². The highest BCUT2D eigenvalue weighted by Crippen LogP contribution is 2.32. The van der Waals surface area contributed by atoms with Crippen LogP contribution in [-0.4, -0.2) is 25.3 Å². The summed E-state index contributed by atoms with van der Waals surface area (Å²) in [6, 6.07) is 12.3. The van der Waals surface area contributed by atoms with Gasteiger partial charge in [0.15, 0.2) is 0 Å². The molecule has 12 heteroatoms. The molecule has 1 atom stereocenters. The van der Waals surface area contributed by atoms with Gasteiger partial charge in [-0.05, 0) is 73.5 Å². The van der Waals surface area contributed by atoms with E-state index >= 15 is 0 Å². The van der Waals surface area contributed by atoms with Gasteiger partial charge in [0, 0.05) is 18.2 Å². The Morgan fingerprint density at radius 1 is 0.868 bits per heavy atom. The number of amides is 1. The Morgan fingerprint density at radius 2 is 1.45 bits per heavy atom. The molecule has 204 valence electrons. The quantitative estimate of drug-likeness (QED) is 0.222. The fraction of sp³-hybridized carbons (Fsp3) is 0.269. The standard InChI is InChI=1S/C26H23F6NO4S/c1-3-17(2)33(24(34)19-9-11-20(12-10-19)25(27,28)29)16-18-7-13-22(14-8-18)37-38(35,36)23-6-4-5-21(15-23)26(30,31)32/h4-15,17H,3,16H2,1-2H3. The molecule has 0 heterocycles. The highest BCUT2D eigenvalue weighted by atomic mass is 32.2. The van der Waals surface area contributed by atoms with E-state index in [0.717, 1.165) is 42.5 Å². The molecule has 3 rings (SSSR count). The van der Waals surface area contributed by atoms with Crippen molar-refractivity contribution in [2.24, 2.45) is 0 Å². The Kier molecular flexibility index (Phi) is 8.45. The zero-order valence-electron chi connectivity index (χ0n) is 20.2. The van der Waals surface area contributed by atoms with Crippen molar-refractivity contribution in [3.63, 3.8) is 0 Å². The summed E-state index contributed by atoms with van der Waals surface area (Å²) in [6.07, 6.45) is -8.70. The lowest BCUT2D eigenvalue weighted by atomic mass is 10.1. The van der Waals surface area contributed by atoms with Gasteiger partial charge in [-0.3, -0.25) is 4.79 Å². The van der Waals surface area contributed by atoms with Crippen molar-refractivity contribution >= 4 is 16.0 Å². The Hall–Kier alpha value is -3.54. The lowest BCUT2D eigenvalue weighted by molar-refractivity contribution is -0.138. The summed E-state index contributed by atoms with van der Waals surface area (Å²) in [4.78, 5) is 13.9. The van der Waals surface area contributed by atoms with Crippen molar-refractivity contribution in [1.82, 2.24) is 4.90 Å². The molecular weight excluding hydrogens is 536 g/mol. The monoisotopic (exact) mass is 559 g/mol. The topological polar surface area (TPSA) is 63.7 Å². The Morgan fingerprint density at radius 3 is 1.97 bits per heavy atom. The Balaban J connectivity index is 1.77. The molecule has 0 N–H and O–H groups in total. The third-order valence-corrected chi connectivity index (χ3v) is 7.02. The van der Waals surface area contributed by atoms with Crippen molar-refractivity contribution in [2.45, 2.75) is 50.1 Å². The smallest absolute Gasteiger partial charge is 0.379 e. The summed E-state index contributed by atoms with van der Waals surface area (Å²) in [6.45, 7) is 3.68. The van der Waals surface area contributed by atoms with Crippen LogP contribution >= 0.6 is 0 Å². The number of carbonyl (C=O) groups excluding carboxylic acids is 1. The van der Waals surface area contributed by atoms with E-state index in [1.54, 1.807) is 6.92 Å². The second-order valence-electron chi connectivity index (χ2n) is 8.47. The highest BCUT2D eigenvalue weighted by molar-refractivity contribution is 7.87. The SMILES string of the molecule is CCC(C)N(Cc1ccc(OS(=O)(=O)c2cccc(C(F)(F)F)c2)cc1)C(=O)c1ccc(C(F)(F)F)cc1. The zero-order valence-corrected chi connectivity index (χ0v) is 21.0. The number of hydrogen-bond donors (Lipinski definition) is 0. The van der Waals surface area contributed by atoms with Gasteiger partial charge >= 0.3 is 22.5 Å². The van der Waals surface area contributed by atoms with Crippen LogP contribution in [0.2, 0.25) is 0 Å². The average molecular weight is 560 g/mol. The van der Waals surface area contributed by atoms with E-state index in [9.17, 15) is 39.6 Å². The molecule has 0 spiro atoms. The number of carbonyl (C=O) groups is 1. The van der Waals surface area contributed by atoms with Crippen LogP contribution in [0.4, 0.5) is 26.3 Å².